The van der Waals surface area contributed by atoms with Crippen molar-refractivity contribution >= 4 is 5.78 Å². The van der Waals surface area contributed by atoms with Crippen molar-refractivity contribution in [2.45, 2.75) is 69.1 Å². The van der Waals surface area contributed by atoms with E-state index in [1.54, 1.807) is 5.56 Å². The standard InChI is InChI=1S/C22H26O/c23-18-12-20-19(16-5-2-1-3-6-16)7-4-8-21(20)22(14-18)13-15-9-10-17(22)11-15/h4,7-10,15-17H,1-3,5-6,11-14H2. The molecule has 2 bridgehead atoms. The van der Waals surface area contributed by atoms with Gasteiger partial charge in [-0.15, -0.1) is 0 Å². The van der Waals surface area contributed by atoms with Gasteiger partial charge in [-0.1, -0.05) is 49.6 Å². The number of fused-ring (bicyclic) bond motifs is 5. The van der Waals surface area contributed by atoms with Gasteiger partial charge in [-0.3, -0.25) is 4.79 Å². The fraction of sp³-hybridized carbons (Fsp3) is 0.591. The summed E-state index contributed by atoms with van der Waals surface area (Å²) in [6.45, 7) is 0. The molecule has 0 heterocycles. The van der Waals surface area contributed by atoms with Crippen LogP contribution in [0.5, 0.6) is 0 Å². The van der Waals surface area contributed by atoms with Crippen molar-refractivity contribution in [3.63, 3.8) is 0 Å². The van der Waals surface area contributed by atoms with Crippen molar-refractivity contribution in [3.8, 4) is 0 Å². The van der Waals surface area contributed by atoms with Crippen molar-refractivity contribution < 1.29 is 4.79 Å². The van der Waals surface area contributed by atoms with Crippen LogP contribution in [0.3, 0.4) is 0 Å². The highest BCUT2D eigenvalue weighted by Gasteiger charge is 2.53. The first-order chi connectivity index (χ1) is 11.3. The van der Waals surface area contributed by atoms with Crippen LogP contribution in [0.2, 0.25) is 0 Å². The lowest BCUT2D eigenvalue weighted by atomic mass is 9.61. The zero-order chi connectivity index (χ0) is 15.4. The van der Waals surface area contributed by atoms with Gasteiger partial charge < -0.3 is 0 Å². The Morgan fingerprint density at radius 3 is 2.65 bits per heavy atom. The van der Waals surface area contributed by atoms with E-state index < -0.39 is 0 Å². The summed E-state index contributed by atoms with van der Waals surface area (Å²) in [5.41, 5.74) is 4.67. The topological polar surface area (TPSA) is 17.1 Å². The molecule has 1 aromatic rings. The fourth-order valence-corrected chi connectivity index (χ4v) is 6.24. The Hall–Kier alpha value is -1.37. The highest BCUT2D eigenvalue weighted by molar-refractivity contribution is 5.86. The third-order valence-electron chi connectivity index (χ3n) is 7.19. The molecule has 120 valence electrons. The number of ketones is 1. The third kappa shape index (κ3) is 2.01. The van der Waals surface area contributed by atoms with Crippen LogP contribution in [0.15, 0.2) is 30.4 Å². The van der Waals surface area contributed by atoms with E-state index in [0.29, 0.717) is 24.0 Å². The van der Waals surface area contributed by atoms with E-state index in [-0.39, 0.29) is 5.41 Å². The number of benzene rings is 1. The number of Topliss-reactive ketones (excluding diaryl/α,β-unsaturated/α-hetero) is 1. The normalized spacial score (nSPS) is 35.9. The molecule has 0 saturated heterocycles. The monoisotopic (exact) mass is 306 g/mol. The largest absolute Gasteiger partial charge is 0.299 e. The quantitative estimate of drug-likeness (QED) is 0.661. The number of hydrogen-bond donors (Lipinski definition) is 0. The highest BCUT2D eigenvalue weighted by Crippen LogP contribution is 2.58. The van der Waals surface area contributed by atoms with E-state index in [0.717, 1.165) is 12.3 Å². The summed E-state index contributed by atoms with van der Waals surface area (Å²) < 4.78 is 0. The molecule has 4 aliphatic carbocycles. The Morgan fingerprint density at radius 1 is 1.04 bits per heavy atom. The summed E-state index contributed by atoms with van der Waals surface area (Å²) in [7, 11) is 0. The molecular formula is C22H26O. The average Bonchev–Trinajstić information content (AvgIpc) is 3.16. The number of allylic oxidation sites excluding steroid dienone is 2. The average molecular weight is 306 g/mol. The second kappa shape index (κ2) is 5.06. The van der Waals surface area contributed by atoms with Gasteiger partial charge >= 0.3 is 0 Å². The summed E-state index contributed by atoms with van der Waals surface area (Å²) >= 11 is 0. The lowest BCUT2D eigenvalue weighted by molar-refractivity contribution is -0.120. The summed E-state index contributed by atoms with van der Waals surface area (Å²) in [5, 5.41) is 0. The molecule has 1 spiro atoms. The van der Waals surface area contributed by atoms with Gasteiger partial charge in [0.2, 0.25) is 0 Å². The lowest BCUT2D eigenvalue weighted by Crippen LogP contribution is -2.39. The van der Waals surface area contributed by atoms with E-state index in [2.05, 4.69) is 30.4 Å². The molecular weight excluding hydrogens is 280 g/mol. The molecule has 3 atom stereocenters. The Balaban J connectivity index is 1.63. The minimum atomic E-state index is 0.148. The summed E-state index contributed by atoms with van der Waals surface area (Å²) in [6.07, 6.45) is 15.6. The summed E-state index contributed by atoms with van der Waals surface area (Å²) in [6, 6.07) is 6.99. The van der Waals surface area contributed by atoms with E-state index in [9.17, 15) is 4.79 Å². The van der Waals surface area contributed by atoms with Gasteiger partial charge in [0.1, 0.15) is 5.78 Å². The minimum absolute atomic E-state index is 0.148. The first-order valence-corrected chi connectivity index (χ1v) is 9.58. The van der Waals surface area contributed by atoms with Crippen LogP contribution in [0, 0.1) is 11.8 Å². The number of carbonyl (C=O) groups is 1. The maximum atomic E-state index is 12.7. The Morgan fingerprint density at radius 2 is 1.91 bits per heavy atom. The molecule has 1 aromatic carbocycles. The van der Waals surface area contributed by atoms with Crippen LogP contribution < -0.4 is 0 Å². The number of carbonyl (C=O) groups excluding carboxylic acids is 1. The maximum absolute atomic E-state index is 12.7. The molecule has 0 N–H and O–H groups in total. The molecule has 2 saturated carbocycles. The molecule has 4 aliphatic rings. The van der Waals surface area contributed by atoms with Crippen LogP contribution in [0.25, 0.3) is 0 Å². The molecule has 0 amide bonds. The smallest absolute Gasteiger partial charge is 0.138 e. The van der Waals surface area contributed by atoms with Gasteiger partial charge in [0.15, 0.2) is 0 Å². The van der Waals surface area contributed by atoms with E-state index in [4.69, 9.17) is 0 Å². The van der Waals surface area contributed by atoms with Crippen LogP contribution in [0.1, 0.15) is 74.0 Å². The van der Waals surface area contributed by atoms with Crippen molar-refractivity contribution in [2.75, 3.05) is 0 Å². The molecule has 2 fully saturated rings. The van der Waals surface area contributed by atoms with Crippen LogP contribution in [0.4, 0.5) is 0 Å². The van der Waals surface area contributed by atoms with Gasteiger partial charge in [0.05, 0.1) is 0 Å². The van der Waals surface area contributed by atoms with Crippen molar-refractivity contribution in [1.29, 1.82) is 0 Å². The first kappa shape index (κ1) is 14.0. The highest BCUT2D eigenvalue weighted by atomic mass is 16.1. The molecule has 0 aromatic heterocycles. The van der Waals surface area contributed by atoms with E-state index in [1.165, 1.54) is 56.1 Å². The summed E-state index contributed by atoms with van der Waals surface area (Å²) in [4.78, 5) is 12.7. The van der Waals surface area contributed by atoms with Gasteiger partial charge in [0, 0.05) is 18.3 Å². The van der Waals surface area contributed by atoms with Gasteiger partial charge in [-0.05, 0) is 60.1 Å². The zero-order valence-corrected chi connectivity index (χ0v) is 13.9. The lowest BCUT2D eigenvalue weighted by Gasteiger charge is -2.42. The molecule has 1 nitrogen and oxygen atoms in total. The van der Waals surface area contributed by atoms with E-state index >= 15 is 0 Å². The maximum Gasteiger partial charge on any atom is 0.138 e. The van der Waals surface area contributed by atoms with Crippen molar-refractivity contribution in [2.24, 2.45) is 11.8 Å². The van der Waals surface area contributed by atoms with Crippen LogP contribution in [-0.2, 0) is 16.6 Å². The molecule has 0 aliphatic heterocycles. The molecule has 0 radical (unpaired) electrons. The minimum Gasteiger partial charge on any atom is -0.299 e. The Bertz CT molecular complexity index is 679. The third-order valence-corrected chi connectivity index (χ3v) is 7.19. The Labute approximate surface area is 139 Å². The number of rotatable bonds is 1. The van der Waals surface area contributed by atoms with E-state index in [1.807, 2.05) is 0 Å². The Kier molecular flexibility index (Phi) is 3.08. The second-order valence-corrected chi connectivity index (χ2v) is 8.45. The molecule has 3 unspecified atom stereocenters. The van der Waals surface area contributed by atoms with Crippen LogP contribution >= 0.6 is 0 Å². The zero-order valence-electron chi connectivity index (χ0n) is 13.9. The molecule has 1 heteroatoms. The van der Waals surface area contributed by atoms with Gasteiger partial charge in [-0.25, -0.2) is 0 Å². The van der Waals surface area contributed by atoms with Crippen molar-refractivity contribution in [1.82, 2.24) is 0 Å². The van der Waals surface area contributed by atoms with Crippen molar-refractivity contribution in [3.05, 3.63) is 47.0 Å². The predicted octanol–water partition coefficient (Wildman–Crippen LogP) is 5.08. The summed E-state index contributed by atoms with van der Waals surface area (Å²) in [5.74, 6) is 2.52. The first-order valence-electron chi connectivity index (χ1n) is 9.58. The fourth-order valence-electron chi connectivity index (χ4n) is 6.24. The SMILES string of the molecule is O=C1Cc2c(C3CCCCC3)cccc2C2(C1)CC1C=CC2C1. The molecule has 5 rings (SSSR count). The van der Waals surface area contributed by atoms with Crippen LogP contribution in [-0.4, -0.2) is 5.78 Å². The van der Waals surface area contributed by atoms with Gasteiger partial charge in [-0.2, -0.15) is 0 Å². The van der Waals surface area contributed by atoms with Gasteiger partial charge in [0.25, 0.3) is 0 Å². The predicted molar refractivity (Wildman–Crippen MR) is 92.6 cm³/mol. The second-order valence-electron chi connectivity index (χ2n) is 8.45. The molecule has 23 heavy (non-hydrogen) atoms. The number of hydrogen-bond acceptors (Lipinski definition) is 1.